The Morgan fingerprint density at radius 2 is 1.59 bits per heavy atom. The highest BCUT2D eigenvalue weighted by atomic mass is 32.2. The second-order valence-electron chi connectivity index (χ2n) is 9.47. The molecule has 2 fully saturated rings. The summed E-state index contributed by atoms with van der Waals surface area (Å²) < 4.78 is 27.5. The molecule has 0 spiro atoms. The van der Waals surface area contributed by atoms with Crippen molar-refractivity contribution in [3.05, 3.63) is 28.8 Å². The Kier molecular flexibility index (Phi) is 7.85. The number of phenols is 1. The fraction of sp³-hybridized carbons (Fsp3) is 0.696. The minimum atomic E-state index is -3.34. The van der Waals surface area contributed by atoms with Crippen LogP contribution in [0.2, 0.25) is 0 Å². The van der Waals surface area contributed by atoms with E-state index in [-0.39, 0.29) is 11.8 Å². The molecule has 8 nitrogen and oxygen atoms in total. The summed E-state index contributed by atoms with van der Waals surface area (Å²) in [5, 5.41) is 9.97. The molecule has 1 aromatic carbocycles. The highest BCUT2D eigenvalue weighted by Crippen LogP contribution is 2.25. The van der Waals surface area contributed by atoms with Crippen LogP contribution >= 0.6 is 0 Å². The molecule has 0 aliphatic carbocycles. The fourth-order valence-corrected chi connectivity index (χ4v) is 6.03. The second kappa shape index (κ2) is 10.1. The summed E-state index contributed by atoms with van der Waals surface area (Å²) in [5.41, 5.74) is 2.77. The van der Waals surface area contributed by atoms with Crippen LogP contribution in [0.3, 0.4) is 0 Å². The van der Waals surface area contributed by atoms with Gasteiger partial charge in [-0.3, -0.25) is 9.69 Å². The number of piperazine rings is 1. The van der Waals surface area contributed by atoms with Gasteiger partial charge in [0.05, 0.1) is 0 Å². The first kappa shape index (κ1) is 25.0. The molecule has 32 heavy (non-hydrogen) atoms. The summed E-state index contributed by atoms with van der Waals surface area (Å²) in [7, 11) is -0.192. The quantitative estimate of drug-likeness (QED) is 0.689. The van der Waals surface area contributed by atoms with E-state index in [4.69, 9.17) is 0 Å². The van der Waals surface area contributed by atoms with Crippen molar-refractivity contribution in [3.63, 3.8) is 0 Å². The van der Waals surface area contributed by atoms with Gasteiger partial charge in [-0.05, 0) is 49.8 Å². The number of aryl methyl sites for hydroxylation is 2. The van der Waals surface area contributed by atoms with Crippen LogP contribution in [0.1, 0.15) is 36.5 Å². The number of piperidine rings is 1. The third-order valence-corrected chi connectivity index (χ3v) is 8.81. The van der Waals surface area contributed by atoms with Crippen LogP contribution in [-0.4, -0.2) is 97.2 Å². The van der Waals surface area contributed by atoms with Crippen LogP contribution in [0.5, 0.6) is 5.75 Å². The zero-order valence-electron chi connectivity index (χ0n) is 20.0. The van der Waals surface area contributed by atoms with Gasteiger partial charge in [0.25, 0.3) is 10.2 Å². The number of nitrogens with zero attached hydrogens (tertiary/aromatic N) is 4. The topological polar surface area (TPSA) is 84.4 Å². The van der Waals surface area contributed by atoms with Crippen molar-refractivity contribution in [2.75, 3.05) is 53.4 Å². The first-order valence-electron chi connectivity index (χ1n) is 11.5. The Hall–Kier alpha value is -1.68. The molecule has 0 radical (unpaired) electrons. The Labute approximate surface area is 193 Å². The SMILES string of the molecule is Cc1cc(C[C@@H](C)C(=O)N2CCN(C3CCN(S(=O)(=O)N(C)C)CC3)CC2)cc(C)c1O. The number of hydrogen-bond donors (Lipinski definition) is 1. The average molecular weight is 467 g/mol. The van der Waals surface area contributed by atoms with Gasteiger partial charge < -0.3 is 10.0 Å². The average Bonchev–Trinajstić information content (AvgIpc) is 2.77. The molecule has 2 aliphatic heterocycles. The van der Waals surface area contributed by atoms with E-state index in [9.17, 15) is 18.3 Å². The number of amides is 1. The van der Waals surface area contributed by atoms with E-state index in [0.29, 0.717) is 44.4 Å². The van der Waals surface area contributed by atoms with Crippen LogP contribution in [-0.2, 0) is 21.4 Å². The highest BCUT2D eigenvalue weighted by molar-refractivity contribution is 7.86. The van der Waals surface area contributed by atoms with Crippen molar-refractivity contribution < 1.29 is 18.3 Å². The number of carbonyl (C=O) groups is 1. The van der Waals surface area contributed by atoms with Gasteiger partial charge in [-0.2, -0.15) is 17.0 Å². The molecule has 1 atom stereocenters. The minimum absolute atomic E-state index is 0.107. The molecule has 1 N–H and O–H groups in total. The van der Waals surface area contributed by atoms with E-state index < -0.39 is 10.2 Å². The molecule has 0 aromatic heterocycles. The Bertz CT molecular complexity index is 895. The molecule has 2 aliphatic rings. The number of benzene rings is 1. The number of hydrogen-bond acceptors (Lipinski definition) is 5. The van der Waals surface area contributed by atoms with Crippen LogP contribution in [0.15, 0.2) is 12.1 Å². The van der Waals surface area contributed by atoms with Crippen LogP contribution < -0.4 is 0 Å². The van der Waals surface area contributed by atoms with E-state index in [2.05, 4.69) is 4.90 Å². The van der Waals surface area contributed by atoms with E-state index in [0.717, 1.165) is 42.6 Å². The standard InChI is InChI=1S/C23H38N4O4S/c1-17-14-20(15-18(2)22(17)28)16-19(3)23(29)26-12-10-25(11-13-26)21-6-8-27(9-7-21)32(30,31)24(4)5/h14-15,19,21,28H,6-13,16H2,1-5H3/t19-/m1/s1. The second-order valence-corrected chi connectivity index (χ2v) is 11.6. The molecule has 0 saturated carbocycles. The van der Waals surface area contributed by atoms with Gasteiger partial charge >= 0.3 is 0 Å². The lowest BCUT2D eigenvalue weighted by molar-refractivity contribution is -0.137. The molecule has 0 unspecified atom stereocenters. The molecular weight excluding hydrogens is 428 g/mol. The van der Waals surface area contributed by atoms with E-state index in [1.54, 1.807) is 18.4 Å². The van der Waals surface area contributed by atoms with Crippen LogP contribution in [0, 0.1) is 19.8 Å². The Balaban J connectivity index is 1.49. The third kappa shape index (κ3) is 5.44. The molecule has 1 amide bonds. The maximum absolute atomic E-state index is 13.0. The van der Waals surface area contributed by atoms with Crippen LogP contribution in [0.25, 0.3) is 0 Å². The van der Waals surface area contributed by atoms with Gasteiger partial charge in [-0.15, -0.1) is 0 Å². The van der Waals surface area contributed by atoms with Crippen molar-refractivity contribution in [2.45, 2.75) is 46.1 Å². The maximum Gasteiger partial charge on any atom is 0.281 e. The molecule has 9 heteroatoms. The molecule has 1 aromatic rings. The summed E-state index contributed by atoms with van der Waals surface area (Å²) in [5.74, 6) is 0.401. The van der Waals surface area contributed by atoms with E-state index >= 15 is 0 Å². The minimum Gasteiger partial charge on any atom is -0.507 e. The van der Waals surface area contributed by atoms with Crippen molar-refractivity contribution in [1.82, 2.24) is 18.4 Å². The Morgan fingerprint density at radius 1 is 1.06 bits per heavy atom. The molecule has 2 saturated heterocycles. The highest BCUT2D eigenvalue weighted by Gasteiger charge is 2.34. The fourth-order valence-electron chi connectivity index (χ4n) is 4.89. The van der Waals surface area contributed by atoms with Gasteiger partial charge in [-0.1, -0.05) is 19.1 Å². The summed E-state index contributed by atoms with van der Waals surface area (Å²) in [4.78, 5) is 17.4. The van der Waals surface area contributed by atoms with Gasteiger partial charge in [-0.25, -0.2) is 0 Å². The first-order chi connectivity index (χ1) is 15.0. The first-order valence-corrected chi connectivity index (χ1v) is 12.9. The molecule has 0 bridgehead atoms. The molecule has 180 valence electrons. The number of carbonyl (C=O) groups excluding carboxylic acids is 1. The molecule has 3 rings (SSSR count). The maximum atomic E-state index is 13.0. The zero-order valence-corrected chi connectivity index (χ0v) is 20.9. The summed E-state index contributed by atoms with van der Waals surface area (Å²) in [6.45, 7) is 9.95. The van der Waals surface area contributed by atoms with Gasteiger partial charge in [0.2, 0.25) is 5.91 Å². The number of phenolic OH excluding ortho intramolecular Hbond substituents is 1. The molecule has 2 heterocycles. The monoisotopic (exact) mass is 466 g/mol. The predicted octanol–water partition coefficient (Wildman–Crippen LogP) is 1.60. The van der Waals surface area contributed by atoms with Crippen molar-refractivity contribution in [2.24, 2.45) is 5.92 Å². The third-order valence-electron chi connectivity index (χ3n) is 6.87. The largest absolute Gasteiger partial charge is 0.507 e. The van der Waals surface area contributed by atoms with Gasteiger partial charge in [0.15, 0.2) is 0 Å². The normalized spacial score (nSPS) is 20.6. The lowest BCUT2D eigenvalue weighted by Crippen LogP contribution is -2.56. The lowest BCUT2D eigenvalue weighted by atomic mass is 9.96. The van der Waals surface area contributed by atoms with Crippen LogP contribution in [0.4, 0.5) is 0 Å². The summed E-state index contributed by atoms with van der Waals surface area (Å²) >= 11 is 0. The Morgan fingerprint density at radius 3 is 2.09 bits per heavy atom. The zero-order chi connectivity index (χ0) is 23.6. The van der Waals surface area contributed by atoms with Crippen molar-refractivity contribution >= 4 is 16.1 Å². The smallest absolute Gasteiger partial charge is 0.281 e. The summed E-state index contributed by atoms with van der Waals surface area (Å²) in [6.07, 6.45) is 2.33. The van der Waals surface area contributed by atoms with Gasteiger partial charge in [0.1, 0.15) is 5.75 Å². The van der Waals surface area contributed by atoms with E-state index in [1.165, 1.54) is 4.31 Å². The number of rotatable bonds is 6. The van der Waals surface area contributed by atoms with E-state index in [1.807, 2.05) is 37.8 Å². The number of aromatic hydroxyl groups is 1. The molecular formula is C23H38N4O4S. The van der Waals surface area contributed by atoms with Crippen molar-refractivity contribution in [1.29, 1.82) is 0 Å². The van der Waals surface area contributed by atoms with Crippen molar-refractivity contribution in [3.8, 4) is 5.75 Å². The lowest BCUT2D eigenvalue weighted by Gasteiger charge is -2.43. The summed E-state index contributed by atoms with van der Waals surface area (Å²) in [6, 6.07) is 4.31. The van der Waals surface area contributed by atoms with Gasteiger partial charge in [0, 0.05) is 65.3 Å². The predicted molar refractivity (Wildman–Crippen MR) is 126 cm³/mol.